The van der Waals surface area contributed by atoms with Crippen molar-refractivity contribution in [1.82, 2.24) is 15.2 Å². The van der Waals surface area contributed by atoms with Crippen molar-refractivity contribution in [3.8, 4) is 11.3 Å². The Morgan fingerprint density at radius 3 is 2.41 bits per heavy atom. The highest BCUT2D eigenvalue weighted by molar-refractivity contribution is 6.36. The third-order valence-corrected chi connectivity index (χ3v) is 5.55. The van der Waals surface area contributed by atoms with Crippen molar-refractivity contribution in [3.05, 3.63) is 64.9 Å². The molecule has 1 amide bonds. The average Bonchev–Trinajstić information content (AvgIpc) is 2.76. The summed E-state index contributed by atoms with van der Waals surface area (Å²) in [6.07, 6.45) is 4.95. The Morgan fingerprint density at radius 2 is 1.76 bits per heavy atom. The van der Waals surface area contributed by atoms with Gasteiger partial charge in [0.05, 0.1) is 16.4 Å². The fraction of sp³-hybridized carbons (Fsp3) is 0.238. The summed E-state index contributed by atoms with van der Waals surface area (Å²) in [4.78, 5) is 18.8. The maximum atomic E-state index is 12.6. The molecule has 1 aliphatic rings. The van der Waals surface area contributed by atoms with Crippen LogP contribution < -0.4 is 10.2 Å². The molecule has 1 aromatic carbocycles. The lowest BCUT2D eigenvalue weighted by Crippen LogP contribution is -2.38. The zero-order valence-corrected chi connectivity index (χ0v) is 17.1. The van der Waals surface area contributed by atoms with E-state index in [-0.39, 0.29) is 11.8 Å². The number of nitrogens with zero attached hydrogens (tertiary/aromatic N) is 4. The first-order valence-electron chi connectivity index (χ1n) is 9.35. The van der Waals surface area contributed by atoms with Gasteiger partial charge in [-0.2, -0.15) is 0 Å². The molecule has 1 N–H and O–H groups in total. The maximum absolute atomic E-state index is 12.6. The molecule has 6 nitrogen and oxygen atoms in total. The number of hydrogen-bond donors (Lipinski definition) is 1. The molecule has 0 saturated carbocycles. The highest BCUT2D eigenvalue weighted by Gasteiger charge is 2.26. The minimum Gasteiger partial charge on any atom is -0.355 e. The van der Waals surface area contributed by atoms with Crippen LogP contribution >= 0.6 is 23.2 Å². The summed E-state index contributed by atoms with van der Waals surface area (Å²) in [5, 5.41) is 12.6. The monoisotopic (exact) mass is 427 g/mol. The Kier molecular flexibility index (Phi) is 5.92. The van der Waals surface area contributed by atoms with Crippen molar-refractivity contribution >= 4 is 40.6 Å². The summed E-state index contributed by atoms with van der Waals surface area (Å²) in [7, 11) is 0. The van der Waals surface area contributed by atoms with Gasteiger partial charge in [0, 0.05) is 42.0 Å². The molecule has 1 fully saturated rings. The van der Waals surface area contributed by atoms with Crippen LogP contribution in [0.3, 0.4) is 0 Å². The second-order valence-electron chi connectivity index (χ2n) is 6.89. The van der Waals surface area contributed by atoms with Gasteiger partial charge in [0.15, 0.2) is 5.82 Å². The van der Waals surface area contributed by atoms with E-state index < -0.39 is 0 Å². The molecule has 0 unspecified atom stereocenters. The predicted octanol–water partition coefficient (Wildman–Crippen LogP) is 4.70. The summed E-state index contributed by atoms with van der Waals surface area (Å²) >= 11 is 12.1. The Hall–Kier alpha value is -2.70. The number of piperidine rings is 1. The number of anilines is 2. The number of rotatable bonds is 4. The van der Waals surface area contributed by atoms with E-state index >= 15 is 0 Å². The van der Waals surface area contributed by atoms with Crippen molar-refractivity contribution in [1.29, 1.82) is 0 Å². The maximum Gasteiger partial charge on any atom is 0.227 e. The fourth-order valence-electron chi connectivity index (χ4n) is 3.37. The van der Waals surface area contributed by atoms with E-state index in [1.165, 1.54) is 0 Å². The van der Waals surface area contributed by atoms with Crippen molar-refractivity contribution in [2.45, 2.75) is 12.8 Å². The largest absolute Gasteiger partial charge is 0.355 e. The van der Waals surface area contributed by atoms with E-state index in [9.17, 15) is 4.79 Å². The third-order valence-electron chi connectivity index (χ3n) is 5.01. The Morgan fingerprint density at radius 1 is 1.00 bits per heavy atom. The molecule has 0 bridgehead atoms. The normalized spacial score (nSPS) is 14.6. The SMILES string of the molecule is O=C(Nc1ccc(Cl)cc1Cl)C1CCN(c2ccc(-c3ccncc3)nn2)CC1. The number of carbonyl (C=O) groups is 1. The van der Waals surface area contributed by atoms with Crippen LogP contribution in [-0.2, 0) is 4.79 Å². The minimum atomic E-state index is -0.0676. The fourth-order valence-corrected chi connectivity index (χ4v) is 3.82. The van der Waals surface area contributed by atoms with Gasteiger partial charge in [0.2, 0.25) is 5.91 Å². The molecule has 0 radical (unpaired) electrons. The summed E-state index contributed by atoms with van der Waals surface area (Å²) in [6.45, 7) is 1.49. The van der Waals surface area contributed by atoms with Crippen molar-refractivity contribution < 1.29 is 4.79 Å². The molecule has 1 saturated heterocycles. The van der Waals surface area contributed by atoms with Crippen LogP contribution in [0.2, 0.25) is 10.0 Å². The third kappa shape index (κ3) is 4.66. The zero-order chi connectivity index (χ0) is 20.2. The van der Waals surface area contributed by atoms with Crippen molar-refractivity contribution in [3.63, 3.8) is 0 Å². The van der Waals surface area contributed by atoms with Crippen LogP contribution in [0.1, 0.15) is 12.8 Å². The first-order chi connectivity index (χ1) is 14.1. The van der Waals surface area contributed by atoms with E-state index in [0.717, 1.165) is 43.0 Å². The molecule has 0 atom stereocenters. The predicted molar refractivity (Wildman–Crippen MR) is 115 cm³/mol. The molecule has 3 aromatic rings. The Labute approximate surface area is 178 Å². The number of benzene rings is 1. The minimum absolute atomic E-state index is 0.0204. The van der Waals surface area contributed by atoms with Gasteiger partial charge in [-0.05, 0) is 55.3 Å². The molecule has 148 valence electrons. The number of nitrogens with one attached hydrogen (secondary N) is 1. The zero-order valence-electron chi connectivity index (χ0n) is 15.6. The van der Waals surface area contributed by atoms with Crippen LogP contribution in [0.4, 0.5) is 11.5 Å². The van der Waals surface area contributed by atoms with Gasteiger partial charge in [-0.15, -0.1) is 10.2 Å². The van der Waals surface area contributed by atoms with Crippen LogP contribution in [-0.4, -0.2) is 34.2 Å². The number of halogens is 2. The average molecular weight is 428 g/mol. The Bertz CT molecular complexity index is 990. The number of aromatic nitrogens is 3. The van der Waals surface area contributed by atoms with Gasteiger partial charge in [0.25, 0.3) is 0 Å². The summed E-state index contributed by atoms with van der Waals surface area (Å²) < 4.78 is 0. The summed E-state index contributed by atoms with van der Waals surface area (Å²) in [5.41, 5.74) is 2.38. The van der Waals surface area contributed by atoms with Crippen molar-refractivity contribution in [2.75, 3.05) is 23.3 Å². The van der Waals surface area contributed by atoms with Crippen LogP contribution in [0.5, 0.6) is 0 Å². The quantitative estimate of drug-likeness (QED) is 0.652. The van der Waals surface area contributed by atoms with Gasteiger partial charge >= 0.3 is 0 Å². The van der Waals surface area contributed by atoms with E-state index in [0.29, 0.717) is 15.7 Å². The van der Waals surface area contributed by atoms with Crippen LogP contribution in [0.15, 0.2) is 54.9 Å². The van der Waals surface area contributed by atoms with Gasteiger partial charge in [0.1, 0.15) is 0 Å². The molecule has 1 aliphatic heterocycles. The molecule has 29 heavy (non-hydrogen) atoms. The molecule has 3 heterocycles. The molecule has 0 spiro atoms. The molecule has 8 heteroatoms. The number of carbonyl (C=O) groups excluding carboxylic acids is 1. The first kappa shape index (κ1) is 19.6. The molecule has 0 aliphatic carbocycles. The lowest BCUT2D eigenvalue weighted by molar-refractivity contribution is -0.120. The number of hydrogen-bond acceptors (Lipinski definition) is 5. The van der Waals surface area contributed by atoms with Crippen LogP contribution in [0.25, 0.3) is 11.3 Å². The highest BCUT2D eigenvalue weighted by Crippen LogP contribution is 2.28. The second kappa shape index (κ2) is 8.76. The molecular weight excluding hydrogens is 409 g/mol. The lowest BCUT2D eigenvalue weighted by atomic mass is 9.96. The van der Waals surface area contributed by atoms with Crippen molar-refractivity contribution in [2.24, 2.45) is 5.92 Å². The first-order valence-corrected chi connectivity index (χ1v) is 10.1. The summed E-state index contributed by atoms with van der Waals surface area (Å²) in [6, 6.07) is 12.8. The molecular formula is C21H19Cl2N5O. The van der Waals surface area contributed by atoms with Gasteiger partial charge in [-0.25, -0.2) is 0 Å². The number of pyridine rings is 1. The van der Waals surface area contributed by atoms with Crippen LogP contribution in [0, 0.1) is 5.92 Å². The molecule has 4 rings (SSSR count). The lowest BCUT2D eigenvalue weighted by Gasteiger charge is -2.31. The topological polar surface area (TPSA) is 71.0 Å². The van der Waals surface area contributed by atoms with Gasteiger partial charge in [-0.1, -0.05) is 23.2 Å². The smallest absolute Gasteiger partial charge is 0.227 e. The van der Waals surface area contributed by atoms with E-state index in [4.69, 9.17) is 23.2 Å². The van der Waals surface area contributed by atoms with E-state index in [1.54, 1.807) is 30.6 Å². The number of amides is 1. The van der Waals surface area contributed by atoms with E-state index in [1.807, 2.05) is 24.3 Å². The van der Waals surface area contributed by atoms with Gasteiger partial charge < -0.3 is 10.2 Å². The van der Waals surface area contributed by atoms with Gasteiger partial charge in [-0.3, -0.25) is 9.78 Å². The van der Waals surface area contributed by atoms with E-state index in [2.05, 4.69) is 25.4 Å². The summed E-state index contributed by atoms with van der Waals surface area (Å²) in [5.74, 6) is 0.734. The second-order valence-corrected chi connectivity index (χ2v) is 7.73. The highest BCUT2D eigenvalue weighted by atomic mass is 35.5. The standard InChI is InChI=1S/C21H19Cl2N5O/c22-16-1-2-19(17(23)13-16)25-21(29)15-7-11-28(12-8-15)20-4-3-18(26-27-20)14-5-9-24-10-6-14/h1-6,9-10,13,15H,7-8,11-12H2,(H,25,29). The molecule has 2 aromatic heterocycles. The Balaban J connectivity index is 1.35.